The maximum Gasteiger partial charge on any atom is 0.244 e. The van der Waals surface area contributed by atoms with Crippen molar-refractivity contribution in [1.82, 2.24) is 20.4 Å². The number of morpholine rings is 1. The fourth-order valence-corrected chi connectivity index (χ4v) is 9.32. The first-order chi connectivity index (χ1) is 15.4. The lowest BCUT2D eigenvalue weighted by Gasteiger charge is -2.35. The van der Waals surface area contributed by atoms with Crippen molar-refractivity contribution < 1.29 is 24.2 Å². The van der Waals surface area contributed by atoms with Crippen LogP contribution in [0.15, 0.2) is 0 Å². The highest BCUT2D eigenvalue weighted by molar-refractivity contribution is 9.09. The Labute approximate surface area is 201 Å². The van der Waals surface area contributed by atoms with Gasteiger partial charge in [-0.2, -0.15) is 0 Å². The molecule has 2 bridgehead atoms. The number of likely N-dealkylation sites (tertiary alicyclic amines) is 1. The van der Waals surface area contributed by atoms with Crippen molar-refractivity contribution in [3.05, 3.63) is 0 Å². The van der Waals surface area contributed by atoms with E-state index in [1.54, 1.807) is 11.8 Å². The van der Waals surface area contributed by atoms with E-state index < -0.39 is 22.6 Å². The Morgan fingerprint density at radius 2 is 1.94 bits per heavy atom. The zero-order chi connectivity index (χ0) is 22.9. The van der Waals surface area contributed by atoms with Crippen LogP contribution in [0.3, 0.4) is 0 Å². The van der Waals surface area contributed by atoms with Gasteiger partial charge in [0.05, 0.1) is 36.4 Å². The Morgan fingerprint density at radius 3 is 2.62 bits per heavy atom. The second-order valence-electron chi connectivity index (χ2n) is 8.95. The predicted octanol–water partition coefficient (Wildman–Crippen LogP) is -0.582. The summed E-state index contributed by atoms with van der Waals surface area (Å²) in [6, 6.07) is -0.684. The van der Waals surface area contributed by atoms with E-state index in [0.717, 1.165) is 26.1 Å². The number of fused-ring (bicyclic) bond motifs is 1. The third-order valence-electron chi connectivity index (χ3n) is 7.06. The first-order valence-electron chi connectivity index (χ1n) is 11.5. The highest BCUT2D eigenvalue weighted by atomic mass is 79.9. The molecule has 32 heavy (non-hydrogen) atoms. The van der Waals surface area contributed by atoms with Crippen molar-refractivity contribution in [2.24, 2.45) is 11.8 Å². The van der Waals surface area contributed by atoms with Crippen molar-refractivity contribution in [2.75, 3.05) is 59.1 Å². The van der Waals surface area contributed by atoms with Gasteiger partial charge in [0.15, 0.2) is 0 Å². The second kappa shape index (κ2) is 10.2. The van der Waals surface area contributed by atoms with Crippen LogP contribution in [0, 0.1) is 11.8 Å². The molecule has 0 aromatic carbocycles. The number of ether oxygens (including phenoxy) is 1. The number of rotatable bonds is 9. The molecule has 0 aromatic heterocycles. The number of amides is 3. The molecule has 0 aromatic rings. The molecule has 1 spiro atoms. The standard InChI is InChI=1S/C21H33BrN4O5S/c1-2-3-23-18(28)14-15-20(30)26(6-9-27)17(21(15)12-13(22)16(14)32-21)19(29)24-4-5-25-7-10-31-11-8-25/h13-17,27H,2-12H2,1H3,(H,23,28)(H,24,29)/t13?,14-,15-,16-,17?,21?/m0/s1. The highest BCUT2D eigenvalue weighted by Gasteiger charge is 2.75. The van der Waals surface area contributed by atoms with Gasteiger partial charge in [-0.3, -0.25) is 19.3 Å². The summed E-state index contributed by atoms with van der Waals surface area (Å²) in [6.07, 6.45) is 1.47. The number of carbonyl (C=O) groups is 3. The second-order valence-corrected chi connectivity index (χ2v) is 11.7. The lowest BCUT2D eigenvalue weighted by molar-refractivity contribution is -0.140. The molecule has 4 rings (SSSR count). The van der Waals surface area contributed by atoms with Gasteiger partial charge in [-0.25, -0.2) is 0 Å². The Morgan fingerprint density at radius 1 is 1.22 bits per heavy atom. The molecule has 3 unspecified atom stereocenters. The number of aliphatic hydroxyl groups is 1. The predicted molar refractivity (Wildman–Crippen MR) is 125 cm³/mol. The van der Waals surface area contributed by atoms with E-state index >= 15 is 0 Å². The molecule has 9 nitrogen and oxygen atoms in total. The van der Waals surface area contributed by atoms with Gasteiger partial charge in [0.25, 0.3) is 0 Å². The van der Waals surface area contributed by atoms with Crippen LogP contribution in [0.1, 0.15) is 19.8 Å². The smallest absolute Gasteiger partial charge is 0.244 e. The molecule has 4 fully saturated rings. The normalized spacial score (nSPS) is 36.4. The Hall–Kier alpha value is -0.880. The van der Waals surface area contributed by atoms with Gasteiger partial charge in [-0.1, -0.05) is 22.9 Å². The van der Waals surface area contributed by atoms with Gasteiger partial charge < -0.3 is 25.4 Å². The Bertz CT molecular complexity index is 739. The molecule has 3 N–H and O–H groups in total. The largest absolute Gasteiger partial charge is 0.395 e. The first-order valence-corrected chi connectivity index (χ1v) is 13.3. The molecular formula is C21H33BrN4O5S. The molecule has 0 saturated carbocycles. The molecule has 4 saturated heterocycles. The molecule has 3 amide bonds. The summed E-state index contributed by atoms with van der Waals surface area (Å²) in [5, 5.41) is 15.6. The maximum atomic E-state index is 13.5. The van der Waals surface area contributed by atoms with Gasteiger partial charge in [-0.05, 0) is 12.8 Å². The minimum absolute atomic E-state index is 0.0410. The zero-order valence-corrected chi connectivity index (χ0v) is 20.8. The van der Waals surface area contributed by atoms with E-state index in [4.69, 9.17) is 4.74 Å². The zero-order valence-electron chi connectivity index (χ0n) is 18.4. The van der Waals surface area contributed by atoms with Crippen molar-refractivity contribution >= 4 is 45.4 Å². The topological polar surface area (TPSA) is 111 Å². The minimum Gasteiger partial charge on any atom is -0.395 e. The lowest BCUT2D eigenvalue weighted by Crippen LogP contribution is -2.55. The van der Waals surface area contributed by atoms with Gasteiger partial charge in [0.1, 0.15) is 6.04 Å². The lowest BCUT2D eigenvalue weighted by atomic mass is 9.70. The van der Waals surface area contributed by atoms with Gasteiger partial charge >= 0.3 is 0 Å². The maximum absolute atomic E-state index is 13.5. The van der Waals surface area contributed by atoms with Crippen molar-refractivity contribution in [2.45, 2.75) is 40.6 Å². The van der Waals surface area contributed by atoms with E-state index in [9.17, 15) is 19.5 Å². The molecule has 0 aliphatic carbocycles. The van der Waals surface area contributed by atoms with E-state index in [0.29, 0.717) is 32.7 Å². The molecule has 11 heteroatoms. The average molecular weight is 533 g/mol. The van der Waals surface area contributed by atoms with Crippen LogP contribution in [-0.2, 0) is 19.1 Å². The van der Waals surface area contributed by atoms with Crippen LogP contribution in [0.25, 0.3) is 0 Å². The van der Waals surface area contributed by atoms with Crippen LogP contribution in [0.2, 0.25) is 0 Å². The number of carbonyl (C=O) groups excluding carboxylic acids is 3. The fourth-order valence-electron chi connectivity index (χ4n) is 5.70. The molecule has 4 heterocycles. The SMILES string of the molecule is CCCNC(=O)[C@H]1[C@H]2C(=O)N(CCO)C(C(=O)NCCN3CCOCC3)C23CC(Br)[C@@H]1S3. The number of alkyl halides is 1. The van der Waals surface area contributed by atoms with Crippen molar-refractivity contribution in [3.63, 3.8) is 0 Å². The number of hydrogen-bond acceptors (Lipinski definition) is 7. The molecular weight excluding hydrogens is 500 g/mol. The summed E-state index contributed by atoms with van der Waals surface area (Å²) >= 11 is 5.35. The van der Waals surface area contributed by atoms with Gasteiger partial charge in [-0.15, -0.1) is 11.8 Å². The number of halogens is 1. The molecule has 6 atom stereocenters. The Balaban J connectivity index is 1.52. The third-order valence-corrected chi connectivity index (χ3v) is 10.3. The van der Waals surface area contributed by atoms with E-state index in [1.807, 2.05) is 6.92 Å². The monoisotopic (exact) mass is 532 g/mol. The summed E-state index contributed by atoms with van der Waals surface area (Å²) in [4.78, 5) is 43.8. The molecule has 4 aliphatic heterocycles. The molecule has 180 valence electrons. The number of nitrogens with one attached hydrogen (secondary N) is 2. The fraction of sp³-hybridized carbons (Fsp3) is 0.857. The number of nitrogens with zero attached hydrogens (tertiary/aromatic N) is 2. The summed E-state index contributed by atoms with van der Waals surface area (Å²) in [6.45, 7) is 6.75. The Kier molecular flexibility index (Phi) is 7.71. The van der Waals surface area contributed by atoms with Crippen LogP contribution < -0.4 is 10.6 Å². The van der Waals surface area contributed by atoms with Crippen molar-refractivity contribution in [1.29, 1.82) is 0 Å². The quantitative estimate of drug-likeness (QED) is 0.340. The number of thioether (sulfide) groups is 1. The summed E-state index contributed by atoms with van der Waals surface area (Å²) in [5.74, 6) is -1.48. The average Bonchev–Trinajstić information content (AvgIpc) is 3.37. The number of hydrogen-bond donors (Lipinski definition) is 3. The number of aliphatic hydroxyl groups excluding tert-OH is 1. The van der Waals surface area contributed by atoms with Crippen molar-refractivity contribution in [3.8, 4) is 0 Å². The molecule has 4 aliphatic rings. The summed E-state index contributed by atoms with van der Waals surface area (Å²) < 4.78 is 4.72. The van der Waals surface area contributed by atoms with Gasteiger partial charge in [0, 0.05) is 49.3 Å². The molecule has 0 radical (unpaired) electrons. The van der Waals surface area contributed by atoms with Gasteiger partial charge in [0.2, 0.25) is 17.7 Å². The van der Waals surface area contributed by atoms with Crippen LogP contribution in [-0.4, -0.2) is 113 Å². The van der Waals surface area contributed by atoms with Crippen LogP contribution in [0.5, 0.6) is 0 Å². The summed E-state index contributed by atoms with van der Waals surface area (Å²) in [5.41, 5.74) is 0. The van der Waals surface area contributed by atoms with E-state index in [1.165, 1.54) is 4.90 Å². The van der Waals surface area contributed by atoms with E-state index in [2.05, 4.69) is 31.5 Å². The van der Waals surface area contributed by atoms with E-state index in [-0.39, 0.29) is 41.0 Å². The minimum atomic E-state index is -0.684. The first kappa shape index (κ1) is 24.3. The summed E-state index contributed by atoms with van der Waals surface area (Å²) in [7, 11) is 0. The third kappa shape index (κ3) is 4.19. The van der Waals surface area contributed by atoms with Crippen LogP contribution in [0.4, 0.5) is 0 Å². The van der Waals surface area contributed by atoms with Crippen LogP contribution >= 0.6 is 27.7 Å². The highest BCUT2D eigenvalue weighted by Crippen LogP contribution is 2.67. The number of β-amino-alcohol motifs (C(OH)–C–C–N with tert-alkyl or cyclic N) is 1.